The molecule has 1 amide bonds. The molecule has 3 rings (SSSR count). The Labute approximate surface area is 129 Å². The summed E-state index contributed by atoms with van der Waals surface area (Å²) < 4.78 is 0. The van der Waals surface area contributed by atoms with Crippen LogP contribution in [-0.4, -0.2) is 26.1 Å². The molecule has 0 spiro atoms. The molecular weight excluding hydrogens is 313 g/mol. The molecule has 1 aromatic carbocycles. The molecule has 2 N–H and O–H groups in total. The van der Waals surface area contributed by atoms with Crippen LogP contribution in [0.3, 0.4) is 0 Å². The summed E-state index contributed by atoms with van der Waals surface area (Å²) in [6, 6.07) is 6.72. The molecule has 0 unspecified atom stereocenters. The Hall–Kier alpha value is -2.18. The van der Waals surface area contributed by atoms with E-state index in [1.807, 2.05) is 13.0 Å². The minimum absolute atomic E-state index is 0.00429. The van der Waals surface area contributed by atoms with E-state index < -0.39 is 5.91 Å². The fraction of sp³-hybridized carbons (Fsp3) is 0.0769. The second kappa shape index (κ2) is 5.31. The minimum atomic E-state index is -0.410. The highest BCUT2D eigenvalue weighted by atomic mass is 35.5. The number of nitrogens with zero attached hydrogens (tertiary/aromatic N) is 3. The van der Waals surface area contributed by atoms with Crippen molar-refractivity contribution in [3.05, 3.63) is 46.0 Å². The predicted octanol–water partition coefficient (Wildman–Crippen LogP) is 3.22. The summed E-state index contributed by atoms with van der Waals surface area (Å²) in [5.74, 6) is 0.397. The van der Waals surface area contributed by atoms with Crippen molar-refractivity contribution >= 4 is 45.8 Å². The zero-order valence-corrected chi connectivity index (χ0v) is 12.3. The van der Waals surface area contributed by atoms with Gasteiger partial charge < -0.3 is 10.3 Å². The molecule has 3 aromatic rings. The maximum absolute atomic E-state index is 12.2. The number of fused-ring (bicyclic) bond motifs is 1. The van der Waals surface area contributed by atoms with Crippen LogP contribution in [0.2, 0.25) is 10.3 Å². The zero-order valence-electron chi connectivity index (χ0n) is 10.8. The Kier molecular flexibility index (Phi) is 3.48. The summed E-state index contributed by atoms with van der Waals surface area (Å²) >= 11 is 11.6. The van der Waals surface area contributed by atoms with Crippen LogP contribution in [0, 0.1) is 6.92 Å². The highest BCUT2D eigenvalue weighted by Gasteiger charge is 2.14. The minimum Gasteiger partial charge on any atom is -0.342 e. The van der Waals surface area contributed by atoms with Crippen LogP contribution < -0.4 is 5.32 Å². The molecule has 21 heavy (non-hydrogen) atoms. The van der Waals surface area contributed by atoms with Gasteiger partial charge in [0.15, 0.2) is 10.3 Å². The third-order valence-corrected chi connectivity index (χ3v) is 3.29. The summed E-state index contributed by atoms with van der Waals surface area (Å²) in [7, 11) is 0. The lowest BCUT2D eigenvalue weighted by atomic mass is 10.2. The number of carbonyl (C=O) groups excluding carboxylic acids is 1. The molecular formula is C13H9Cl2N5O. The number of nitrogens with one attached hydrogen (secondary N) is 2. The molecule has 2 heterocycles. The molecule has 0 aliphatic heterocycles. The largest absolute Gasteiger partial charge is 0.342 e. The van der Waals surface area contributed by atoms with Crippen LogP contribution in [0.15, 0.2) is 24.3 Å². The van der Waals surface area contributed by atoms with Gasteiger partial charge in [0, 0.05) is 5.69 Å². The summed E-state index contributed by atoms with van der Waals surface area (Å²) in [4.78, 5) is 19.6. The molecule has 8 heteroatoms. The van der Waals surface area contributed by atoms with Gasteiger partial charge in [-0.1, -0.05) is 23.2 Å². The number of amides is 1. The molecule has 6 nitrogen and oxygen atoms in total. The summed E-state index contributed by atoms with van der Waals surface area (Å²) in [5, 5.41) is 9.99. The first-order valence-corrected chi connectivity index (χ1v) is 6.75. The molecule has 0 atom stereocenters. The molecule has 0 aliphatic rings. The number of anilines is 1. The fourth-order valence-corrected chi connectivity index (χ4v) is 2.25. The van der Waals surface area contributed by atoms with Crippen LogP contribution in [0.4, 0.5) is 5.69 Å². The Bertz CT molecular complexity index is 846. The van der Waals surface area contributed by atoms with Gasteiger partial charge in [-0.25, -0.2) is 4.98 Å². The molecule has 0 bridgehead atoms. The lowest BCUT2D eigenvalue weighted by Crippen LogP contribution is -2.13. The van der Waals surface area contributed by atoms with Gasteiger partial charge in [0.25, 0.3) is 5.91 Å². The number of aryl methyl sites for hydroxylation is 1. The number of halogens is 2. The van der Waals surface area contributed by atoms with E-state index in [0.717, 1.165) is 16.9 Å². The van der Waals surface area contributed by atoms with E-state index in [4.69, 9.17) is 23.2 Å². The van der Waals surface area contributed by atoms with E-state index in [2.05, 4.69) is 25.5 Å². The quantitative estimate of drug-likeness (QED) is 0.759. The van der Waals surface area contributed by atoms with E-state index in [0.29, 0.717) is 5.69 Å². The fourth-order valence-electron chi connectivity index (χ4n) is 1.93. The molecule has 0 aliphatic carbocycles. The summed E-state index contributed by atoms with van der Waals surface area (Å²) in [6.45, 7) is 1.86. The molecule has 0 saturated carbocycles. The van der Waals surface area contributed by atoms with Crippen LogP contribution >= 0.6 is 23.2 Å². The van der Waals surface area contributed by atoms with Crippen molar-refractivity contribution < 1.29 is 4.79 Å². The number of aromatic amines is 1. The number of benzene rings is 1. The first-order valence-electron chi connectivity index (χ1n) is 5.99. The van der Waals surface area contributed by atoms with E-state index >= 15 is 0 Å². The van der Waals surface area contributed by atoms with Crippen molar-refractivity contribution in [2.24, 2.45) is 0 Å². The number of imidazole rings is 1. The molecule has 2 aromatic heterocycles. The standard InChI is InChI=1S/C13H9Cl2N5O/c1-6-16-9-3-2-7(4-10(9)17-6)18-13(21)8-5-11(14)19-20-12(8)15/h2-5H,1H3,(H,16,17)(H,18,21). The van der Waals surface area contributed by atoms with Crippen LogP contribution in [0.25, 0.3) is 11.0 Å². The summed E-state index contributed by atoms with van der Waals surface area (Å²) in [6.07, 6.45) is 0. The number of hydrogen-bond acceptors (Lipinski definition) is 4. The van der Waals surface area contributed by atoms with Gasteiger partial charge in [0.05, 0.1) is 16.6 Å². The van der Waals surface area contributed by atoms with Crippen molar-refractivity contribution in [1.82, 2.24) is 20.2 Å². The van der Waals surface area contributed by atoms with Gasteiger partial charge >= 0.3 is 0 Å². The zero-order chi connectivity index (χ0) is 15.0. The highest BCUT2D eigenvalue weighted by Crippen LogP contribution is 2.20. The predicted molar refractivity (Wildman–Crippen MR) is 80.8 cm³/mol. The van der Waals surface area contributed by atoms with Crippen molar-refractivity contribution in [1.29, 1.82) is 0 Å². The van der Waals surface area contributed by atoms with Crippen molar-refractivity contribution in [2.45, 2.75) is 6.92 Å². The number of carbonyl (C=O) groups is 1. The van der Waals surface area contributed by atoms with E-state index in [1.54, 1.807) is 12.1 Å². The van der Waals surface area contributed by atoms with Gasteiger partial charge in [-0.2, -0.15) is 0 Å². The van der Waals surface area contributed by atoms with Crippen molar-refractivity contribution in [3.63, 3.8) is 0 Å². The number of aromatic nitrogens is 4. The molecule has 0 radical (unpaired) electrons. The van der Waals surface area contributed by atoms with Crippen LogP contribution in [0.5, 0.6) is 0 Å². The van der Waals surface area contributed by atoms with Gasteiger partial charge in [-0.15, -0.1) is 10.2 Å². The molecule has 106 valence electrons. The normalized spacial score (nSPS) is 10.8. The second-order valence-corrected chi connectivity index (χ2v) is 5.13. The lowest BCUT2D eigenvalue weighted by Gasteiger charge is -2.06. The first kappa shape index (κ1) is 13.8. The number of rotatable bonds is 2. The van der Waals surface area contributed by atoms with Crippen molar-refractivity contribution in [2.75, 3.05) is 5.32 Å². The van der Waals surface area contributed by atoms with E-state index in [1.165, 1.54) is 6.07 Å². The second-order valence-electron chi connectivity index (χ2n) is 4.38. The third kappa shape index (κ3) is 2.81. The van der Waals surface area contributed by atoms with E-state index in [9.17, 15) is 4.79 Å². The maximum Gasteiger partial charge on any atom is 0.258 e. The van der Waals surface area contributed by atoms with Gasteiger partial charge in [0.2, 0.25) is 0 Å². The SMILES string of the molecule is Cc1nc2ccc(NC(=O)c3cc(Cl)nnc3Cl)cc2[nH]1. The third-order valence-electron chi connectivity index (χ3n) is 2.82. The Morgan fingerprint density at radius 3 is 2.86 bits per heavy atom. The topological polar surface area (TPSA) is 83.6 Å². The smallest absolute Gasteiger partial charge is 0.258 e. The van der Waals surface area contributed by atoms with E-state index in [-0.39, 0.29) is 15.9 Å². The Morgan fingerprint density at radius 2 is 2.05 bits per heavy atom. The van der Waals surface area contributed by atoms with Crippen molar-refractivity contribution in [3.8, 4) is 0 Å². The first-order chi connectivity index (χ1) is 10.0. The monoisotopic (exact) mass is 321 g/mol. The van der Waals surface area contributed by atoms with Gasteiger partial charge in [-0.05, 0) is 31.2 Å². The molecule has 0 saturated heterocycles. The number of hydrogen-bond donors (Lipinski definition) is 2. The van der Waals surface area contributed by atoms with Crippen LogP contribution in [-0.2, 0) is 0 Å². The molecule has 0 fully saturated rings. The maximum atomic E-state index is 12.2. The van der Waals surface area contributed by atoms with Gasteiger partial charge in [0.1, 0.15) is 5.82 Å². The lowest BCUT2D eigenvalue weighted by molar-refractivity contribution is 0.102. The van der Waals surface area contributed by atoms with Crippen LogP contribution in [0.1, 0.15) is 16.2 Å². The van der Waals surface area contributed by atoms with Gasteiger partial charge in [-0.3, -0.25) is 4.79 Å². The highest BCUT2D eigenvalue weighted by molar-refractivity contribution is 6.34. The Morgan fingerprint density at radius 1 is 1.24 bits per heavy atom. The summed E-state index contributed by atoms with van der Waals surface area (Å²) in [5.41, 5.74) is 2.44. The average Bonchev–Trinajstić information content (AvgIpc) is 2.80. The Balaban J connectivity index is 1.90. The number of H-pyrrole nitrogens is 1. The average molecular weight is 322 g/mol.